The van der Waals surface area contributed by atoms with Gasteiger partial charge in [-0.05, 0) is 128 Å². The van der Waals surface area contributed by atoms with Crippen LogP contribution in [-0.2, 0) is 57.5 Å². The van der Waals surface area contributed by atoms with Gasteiger partial charge in [0.25, 0.3) is 0 Å². The van der Waals surface area contributed by atoms with Gasteiger partial charge in [-0.25, -0.2) is 4.79 Å². The van der Waals surface area contributed by atoms with Crippen molar-refractivity contribution in [2.45, 2.75) is 221 Å². The molecule has 0 spiro atoms. The molecule has 0 radical (unpaired) electrons. The molecule has 117 heavy (non-hydrogen) atoms. The number of carbonyl (C=O) groups is 12. The van der Waals surface area contributed by atoms with Crippen molar-refractivity contribution in [2.24, 2.45) is 57.3 Å². The first kappa shape index (κ1) is 104. The summed E-state index contributed by atoms with van der Waals surface area (Å²) in [6, 6.07) is -16.9. The van der Waals surface area contributed by atoms with Crippen molar-refractivity contribution >= 4 is 125 Å². The maximum absolute atomic E-state index is 15.0. The normalized spacial score (nSPS) is 13.5. The molecule has 0 fully saturated rings. The van der Waals surface area contributed by atoms with Crippen molar-refractivity contribution < 1.29 is 67.7 Å². The average molecular weight is 1670 g/mol. The molecular weight excluding hydrogens is 1540 g/mol. The lowest BCUT2D eigenvalue weighted by Crippen LogP contribution is -2.61. The molecule has 662 valence electrons. The van der Waals surface area contributed by atoms with Gasteiger partial charge in [0.15, 0.2) is 53.6 Å². The van der Waals surface area contributed by atoms with E-state index in [0.717, 1.165) is 0 Å². The number of hydrogen-bond donors (Lipinski definition) is 40. The van der Waals surface area contributed by atoms with Crippen LogP contribution in [-0.4, -0.2) is 260 Å². The summed E-state index contributed by atoms with van der Waals surface area (Å²) < 4.78 is 0. The van der Waals surface area contributed by atoms with E-state index in [0.29, 0.717) is 12.8 Å². The number of aliphatic carboxylic acids is 2. The number of hydrogen-bond acceptors (Lipinski definition) is 22. The van der Waals surface area contributed by atoms with Gasteiger partial charge in [-0.2, -0.15) is 0 Å². The zero-order valence-electron chi connectivity index (χ0n) is 66.0. The molecule has 52 heteroatoms. The summed E-state index contributed by atoms with van der Waals surface area (Å²) in [5.74, 6) is -16.8. The van der Waals surface area contributed by atoms with E-state index < -0.39 is 198 Å². The third-order valence-electron chi connectivity index (χ3n) is 17.0. The second-order valence-corrected chi connectivity index (χ2v) is 27.0. The number of carboxylic acids is 2. The number of unbranched alkanes of at least 4 members (excludes halogenated alkanes) is 1. The summed E-state index contributed by atoms with van der Waals surface area (Å²) >= 11 is 0. The quantitative estimate of drug-likeness (QED) is 0.0153. The van der Waals surface area contributed by atoms with Gasteiger partial charge in [-0.1, -0.05) is 19.8 Å². The number of rotatable bonds is 63. The molecule has 50 N–H and O–H groups in total. The van der Waals surface area contributed by atoms with E-state index in [1.165, 1.54) is 0 Å². The van der Waals surface area contributed by atoms with Crippen molar-refractivity contribution in [1.82, 2.24) is 101 Å². The van der Waals surface area contributed by atoms with Gasteiger partial charge in [-0.3, -0.25) is 101 Å². The molecule has 0 unspecified atom stereocenters. The third kappa shape index (κ3) is 51.4. The predicted octanol–water partition coefficient (Wildman–Crippen LogP) is -11.3. The van der Waals surface area contributed by atoms with Crippen LogP contribution in [0.5, 0.6) is 0 Å². The van der Waals surface area contributed by atoms with Gasteiger partial charge < -0.3 is 169 Å². The minimum Gasteiger partial charge on any atom is -0.481 e. The largest absolute Gasteiger partial charge is 0.481 e. The maximum atomic E-state index is 15.0. The molecule has 0 aromatic rings. The lowest BCUT2D eigenvalue weighted by atomic mass is 10.0. The summed E-state index contributed by atoms with van der Waals surface area (Å²) in [4.78, 5) is 169. The van der Waals surface area contributed by atoms with Gasteiger partial charge >= 0.3 is 11.9 Å². The average Bonchev–Trinajstić information content (AvgIpc) is 0.888. The van der Waals surface area contributed by atoms with Crippen molar-refractivity contribution in [2.75, 3.05) is 58.9 Å². The first-order valence-electron chi connectivity index (χ1n) is 38.1. The molecule has 0 aromatic heterocycles. The van der Waals surface area contributed by atoms with Crippen LogP contribution in [0.2, 0.25) is 0 Å². The Hall–Kier alpha value is -13.0. The fraction of sp³-hybridized carbons (Fsp3) is 0.677. The number of nitrogens with two attached hydrogens (primary N) is 10. The molecule has 0 aliphatic heterocycles. The van der Waals surface area contributed by atoms with Crippen LogP contribution in [0.3, 0.4) is 0 Å². The smallest absolute Gasteiger partial charge is 0.326 e. The third-order valence-corrected chi connectivity index (χ3v) is 17.0. The highest BCUT2D eigenvalue weighted by atomic mass is 16.4. The molecule has 0 saturated carbocycles. The van der Waals surface area contributed by atoms with Gasteiger partial charge in [0.2, 0.25) is 59.1 Å². The first-order valence-corrected chi connectivity index (χ1v) is 38.1. The van der Waals surface area contributed by atoms with Crippen molar-refractivity contribution in [3.8, 4) is 0 Å². The Bertz CT molecular complexity index is 3320. The lowest BCUT2D eigenvalue weighted by molar-refractivity contribution is -0.143. The molecule has 0 aliphatic rings. The van der Waals surface area contributed by atoms with E-state index >= 15 is 9.59 Å². The highest BCUT2D eigenvalue weighted by Crippen LogP contribution is 2.13. The Balaban J connectivity index is 8.10. The number of carbonyl (C=O) groups excluding carboxylic acids is 10. The minimum absolute atomic E-state index is 0.0125. The number of amides is 10. The van der Waals surface area contributed by atoms with E-state index in [9.17, 15) is 58.2 Å². The van der Waals surface area contributed by atoms with Crippen LogP contribution in [0.1, 0.15) is 155 Å². The Morgan fingerprint density at radius 2 is 0.393 bits per heavy atom. The molecule has 0 aromatic carbocycles. The fourth-order valence-electron chi connectivity index (χ4n) is 11.0. The molecule has 0 rings (SSSR count). The molecule has 0 saturated heterocycles. The van der Waals surface area contributed by atoms with Gasteiger partial charge in [0.1, 0.15) is 60.4 Å². The SMILES string of the molecule is CCCC[C@H](N)C(=O)N[C@@H](CCCNC(=N)N)C(=O)N[C@@H](CCCNC(=N)N)C(=O)N[C@@H](CCCNC(=N)N)C(=O)N[C@@H](CCCNC(=N)N)C(=O)N[C@@H](CCCNC(=N)N)C(=O)N[C@@H](CCCNC(=N)N)C(=O)N[C@@H](CCCNC(=N)N)C(=O)N[C@@H](CCCNC(=N)N)C(=O)N[C@@H](CCCNC(=N)N)C(=O)N[C@H](CCC(=O)O)C(=O)O. The fourth-order valence-corrected chi connectivity index (χ4v) is 11.0. The number of carboxylic acid groups (broad SMARTS) is 2. The lowest BCUT2D eigenvalue weighted by Gasteiger charge is -2.29. The molecule has 11 atom stereocenters. The Kier molecular flexibility index (Phi) is 53.1. The second-order valence-electron chi connectivity index (χ2n) is 27.0. The van der Waals surface area contributed by atoms with Crippen LogP contribution in [0.25, 0.3) is 0 Å². The van der Waals surface area contributed by atoms with Gasteiger partial charge in [0.05, 0.1) is 6.04 Å². The van der Waals surface area contributed by atoms with Gasteiger partial charge in [0, 0.05) is 65.3 Å². The van der Waals surface area contributed by atoms with Crippen molar-refractivity contribution in [1.29, 1.82) is 48.7 Å². The number of nitrogens with one attached hydrogen (secondary N) is 28. The summed E-state index contributed by atoms with van der Waals surface area (Å²) in [6.07, 6.45) is -1.66. The molecule has 52 nitrogen and oxygen atoms in total. The molecule has 10 amide bonds. The van der Waals surface area contributed by atoms with E-state index in [4.69, 9.17) is 106 Å². The van der Waals surface area contributed by atoms with Crippen LogP contribution in [0, 0.1) is 48.7 Å². The molecule has 0 heterocycles. The Morgan fingerprint density at radius 3 is 0.530 bits per heavy atom. The van der Waals surface area contributed by atoms with Gasteiger partial charge in [-0.15, -0.1) is 0 Å². The van der Waals surface area contributed by atoms with Crippen LogP contribution < -0.4 is 158 Å². The van der Waals surface area contributed by atoms with E-state index in [1.54, 1.807) is 0 Å². The minimum atomic E-state index is -1.75. The summed E-state index contributed by atoms with van der Waals surface area (Å²) in [5.41, 5.74) is 55.9. The topological polar surface area (TPSA) is 949 Å². The molecule has 0 aliphatic carbocycles. The van der Waals surface area contributed by atoms with E-state index in [2.05, 4.69) is 101 Å². The maximum Gasteiger partial charge on any atom is 0.326 e. The number of guanidine groups is 9. The second kappa shape index (κ2) is 59.7. The molecule has 0 bridgehead atoms. The monoisotopic (exact) mass is 1670 g/mol. The van der Waals surface area contributed by atoms with Crippen LogP contribution in [0.15, 0.2) is 0 Å². The Morgan fingerprint density at radius 1 is 0.239 bits per heavy atom. The zero-order chi connectivity index (χ0) is 88.5. The standard InChI is InChI=1S/C65H128N38O14/c1-2-3-13-34(66)46(106)94-35(14-4-25-85-57(67)68)47(107)95-36(15-5-26-86-58(69)70)48(108)96-37(16-6-27-87-59(71)72)49(109)97-38(17-7-28-88-60(73)74)50(110)98-39(18-8-29-89-61(75)76)51(111)99-40(19-9-30-90-62(77)78)52(112)100-41(20-10-31-91-63(79)80)53(113)101-42(21-11-32-92-64(81)82)54(114)102-43(22-12-33-93-65(83)84)55(115)103-44(56(116)117)23-24-45(104)105/h34-44H,2-33,66H2,1H3,(H,94,106)(H,95,107)(H,96,108)(H,97,109)(H,98,110)(H,99,111)(H,100,112)(H,101,113)(H,102,114)(H,103,115)(H,104,105)(H,116,117)(H4,67,68,85)(H4,69,70,86)(H4,71,72,87)(H4,73,74,88)(H4,75,76,89)(H4,77,78,90)(H4,79,80,91)(H4,81,82,92)(H4,83,84,93)/t34-,35-,36-,37-,38-,39-,40-,41-,42-,43-,44+/m0/s1. The molecular formula is C65H128N38O14. The van der Waals surface area contributed by atoms with E-state index in [1.807, 2.05) is 6.92 Å². The highest BCUT2D eigenvalue weighted by molar-refractivity contribution is 5.99. The summed E-state index contributed by atoms with van der Waals surface area (Å²) in [6.45, 7) is 1.63. The zero-order valence-corrected chi connectivity index (χ0v) is 66.0. The van der Waals surface area contributed by atoms with Crippen LogP contribution >= 0.6 is 0 Å². The first-order chi connectivity index (χ1) is 55.2. The van der Waals surface area contributed by atoms with E-state index in [-0.39, 0.29) is 187 Å². The summed E-state index contributed by atoms with van der Waals surface area (Å²) in [7, 11) is 0. The highest BCUT2D eigenvalue weighted by Gasteiger charge is 2.37. The predicted molar refractivity (Wildman–Crippen MR) is 434 cm³/mol. The van der Waals surface area contributed by atoms with Crippen molar-refractivity contribution in [3.05, 3.63) is 0 Å². The Labute approximate surface area is 677 Å². The van der Waals surface area contributed by atoms with Crippen LogP contribution in [0.4, 0.5) is 0 Å². The van der Waals surface area contributed by atoms with Crippen molar-refractivity contribution in [3.63, 3.8) is 0 Å². The summed E-state index contributed by atoms with van der Waals surface area (Å²) in [5, 5.41) is 137.